The summed E-state index contributed by atoms with van der Waals surface area (Å²) in [5, 5.41) is 4.57. The van der Waals surface area contributed by atoms with Crippen molar-refractivity contribution < 1.29 is 36.2 Å². The third-order valence-corrected chi connectivity index (χ3v) is 7.23. The predicted octanol–water partition coefficient (Wildman–Crippen LogP) is 4.82. The molecule has 3 aliphatic rings. The maximum absolute atomic E-state index is 14.3. The highest BCUT2D eigenvalue weighted by Crippen LogP contribution is 2.48. The van der Waals surface area contributed by atoms with Gasteiger partial charge in [0.2, 0.25) is 34.8 Å². The van der Waals surface area contributed by atoms with Crippen LogP contribution in [0, 0.1) is 35.0 Å². The van der Waals surface area contributed by atoms with Gasteiger partial charge in [-0.3, -0.25) is 15.4 Å². The molecule has 0 aliphatic carbocycles. The molecule has 3 aliphatic heterocycles. The lowest BCUT2D eigenvalue weighted by molar-refractivity contribution is -0.160. The smallest absolute Gasteiger partial charge is 0.344 e. The van der Waals surface area contributed by atoms with Gasteiger partial charge in [0.15, 0.2) is 5.60 Å². The third kappa shape index (κ3) is 4.06. The van der Waals surface area contributed by atoms with Gasteiger partial charge in [-0.15, -0.1) is 0 Å². The molecule has 2 fully saturated rings. The molecule has 0 radical (unpaired) electrons. The Morgan fingerprint density at radius 3 is 2.13 bits per heavy atom. The van der Waals surface area contributed by atoms with E-state index in [0.29, 0.717) is 35.6 Å². The largest absolute Gasteiger partial charge is 0.418 e. The van der Waals surface area contributed by atoms with Crippen LogP contribution in [0.15, 0.2) is 59.5 Å². The van der Waals surface area contributed by atoms with E-state index in [1.54, 1.807) is 36.7 Å². The molecule has 0 spiro atoms. The molecular weight excluding hydrogens is 523 g/mol. The Kier molecular flexibility index (Phi) is 6.13. The number of esters is 1. The molecule has 1 N–H and O–H groups in total. The number of hydrogen-bond donors (Lipinski definition) is 1. The first-order valence-electron chi connectivity index (χ1n) is 12.1. The molecule has 6 rings (SSSR count). The highest BCUT2D eigenvalue weighted by atomic mass is 19.2. The Labute approximate surface area is 218 Å². The highest BCUT2D eigenvalue weighted by molar-refractivity contribution is 6.04. The molecule has 2 unspecified atom stereocenters. The minimum atomic E-state index is -2.35. The molecular formula is C27H19F5N4O3. The summed E-state index contributed by atoms with van der Waals surface area (Å²) >= 11 is 0. The van der Waals surface area contributed by atoms with Gasteiger partial charge in [0.05, 0.1) is 28.9 Å². The summed E-state index contributed by atoms with van der Waals surface area (Å²) in [6, 6.07) is 10.7. The van der Waals surface area contributed by atoms with E-state index in [-0.39, 0.29) is 18.8 Å². The molecule has 0 saturated carbocycles. The fourth-order valence-corrected chi connectivity index (χ4v) is 5.37. The fraction of sp³-hybridized carbons (Fsp3) is 0.259. The number of aromatic nitrogens is 2. The molecule has 3 atom stereocenters. The van der Waals surface area contributed by atoms with Crippen molar-refractivity contribution in [1.29, 1.82) is 0 Å². The first-order valence-corrected chi connectivity index (χ1v) is 12.1. The van der Waals surface area contributed by atoms with Crippen molar-refractivity contribution in [2.45, 2.75) is 37.4 Å². The molecule has 0 amide bonds. The van der Waals surface area contributed by atoms with Crippen LogP contribution in [0.5, 0.6) is 5.75 Å². The number of pyridine rings is 2. The van der Waals surface area contributed by atoms with E-state index in [9.17, 15) is 26.7 Å². The van der Waals surface area contributed by atoms with Gasteiger partial charge >= 0.3 is 5.97 Å². The molecule has 2 aromatic heterocycles. The van der Waals surface area contributed by atoms with Crippen molar-refractivity contribution in [2.24, 2.45) is 11.0 Å². The van der Waals surface area contributed by atoms with Gasteiger partial charge in [-0.2, -0.15) is 13.9 Å². The Morgan fingerprint density at radius 1 is 0.872 bits per heavy atom. The Bertz CT molecular complexity index is 1500. The molecule has 39 heavy (non-hydrogen) atoms. The normalized spacial score (nSPS) is 24.0. The number of hydrazone groups is 1. The number of benzene rings is 1. The lowest BCUT2D eigenvalue weighted by Crippen LogP contribution is -2.42. The average molecular weight is 542 g/mol. The zero-order valence-electron chi connectivity index (χ0n) is 20.1. The van der Waals surface area contributed by atoms with E-state index in [4.69, 9.17) is 9.47 Å². The van der Waals surface area contributed by atoms with Crippen LogP contribution in [0.4, 0.5) is 22.0 Å². The van der Waals surface area contributed by atoms with Crippen LogP contribution in [0.3, 0.4) is 0 Å². The predicted molar refractivity (Wildman–Crippen MR) is 126 cm³/mol. The number of halogens is 5. The number of hydrogen-bond acceptors (Lipinski definition) is 7. The van der Waals surface area contributed by atoms with Gasteiger partial charge in [-0.05, 0) is 55.5 Å². The van der Waals surface area contributed by atoms with E-state index in [1.807, 2.05) is 12.1 Å². The number of nitrogens with zero attached hydrogens (tertiary/aromatic N) is 3. The molecule has 7 nitrogen and oxygen atoms in total. The second kappa shape index (κ2) is 9.53. The highest BCUT2D eigenvalue weighted by Gasteiger charge is 2.54. The van der Waals surface area contributed by atoms with Crippen molar-refractivity contribution in [3.05, 3.63) is 94.8 Å². The van der Waals surface area contributed by atoms with Gasteiger partial charge in [-0.25, -0.2) is 18.0 Å². The maximum Gasteiger partial charge on any atom is 0.344 e. The summed E-state index contributed by atoms with van der Waals surface area (Å²) < 4.78 is 80.6. The number of carbonyl (C=O) groups excluding carboxylic acids is 1. The fourth-order valence-electron chi connectivity index (χ4n) is 5.37. The molecule has 5 heterocycles. The SMILES string of the molecule is O=C(Oc1c(F)c(F)c(F)c(F)c1F)C12CCC3C(c4ccccn4)=NNC(c4ccccn4)=C3[C@@H](CC1)O2. The minimum Gasteiger partial charge on any atom is -0.418 e. The molecule has 200 valence electrons. The average Bonchev–Trinajstić information content (AvgIpc) is 3.33. The topological polar surface area (TPSA) is 85.7 Å². The van der Waals surface area contributed by atoms with Crippen LogP contribution >= 0.6 is 0 Å². The van der Waals surface area contributed by atoms with Crippen LogP contribution in [-0.4, -0.2) is 33.4 Å². The summed E-state index contributed by atoms with van der Waals surface area (Å²) in [4.78, 5) is 22.1. The van der Waals surface area contributed by atoms with E-state index in [2.05, 4.69) is 20.5 Å². The van der Waals surface area contributed by atoms with E-state index in [1.165, 1.54) is 0 Å². The van der Waals surface area contributed by atoms with Gasteiger partial charge in [0.25, 0.3) is 0 Å². The second-order valence-corrected chi connectivity index (χ2v) is 9.39. The zero-order valence-corrected chi connectivity index (χ0v) is 20.1. The van der Waals surface area contributed by atoms with E-state index in [0.717, 1.165) is 5.57 Å². The van der Waals surface area contributed by atoms with Crippen molar-refractivity contribution in [3.8, 4) is 5.75 Å². The Morgan fingerprint density at radius 2 is 1.49 bits per heavy atom. The second-order valence-electron chi connectivity index (χ2n) is 9.39. The molecule has 1 aromatic carbocycles. The molecule has 2 saturated heterocycles. The third-order valence-electron chi connectivity index (χ3n) is 7.23. The van der Waals surface area contributed by atoms with Gasteiger partial charge < -0.3 is 9.47 Å². The van der Waals surface area contributed by atoms with Crippen molar-refractivity contribution >= 4 is 17.4 Å². The maximum atomic E-state index is 14.3. The monoisotopic (exact) mass is 542 g/mol. The van der Waals surface area contributed by atoms with Crippen molar-refractivity contribution in [3.63, 3.8) is 0 Å². The lowest BCUT2D eigenvalue weighted by Gasteiger charge is -2.30. The minimum absolute atomic E-state index is 0.0350. The quantitative estimate of drug-likeness (QED) is 0.167. The Balaban J connectivity index is 1.39. The Hall–Kier alpha value is -4.19. The molecule has 3 aromatic rings. The number of carbonyl (C=O) groups is 1. The number of rotatable bonds is 4. The van der Waals surface area contributed by atoms with Gasteiger partial charge in [-0.1, -0.05) is 12.1 Å². The van der Waals surface area contributed by atoms with Crippen LogP contribution in [-0.2, 0) is 9.53 Å². The standard InChI is InChI=1S/C27H19F5N4O3/c28-18-19(29)21(31)25(22(32)20(18)30)38-26(37)27-9-7-13-17(16(39-27)8-10-27)24(15-6-2-4-12-34-15)36-35-23(13)14-5-1-3-11-33-14/h1-6,11-13,16,36H,7-10H2/t13?,16-,27?/m1/s1. The zero-order chi connectivity index (χ0) is 27.3. The molecule has 12 heteroatoms. The number of ether oxygens (including phenoxy) is 2. The first kappa shape index (κ1) is 25.1. The van der Waals surface area contributed by atoms with Crippen LogP contribution < -0.4 is 10.2 Å². The van der Waals surface area contributed by atoms with E-state index < -0.39 is 52.5 Å². The van der Waals surface area contributed by atoms with Crippen molar-refractivity contribution in [2.75, 3.05) is 0 Å². The van der Waals surface area contributed by atoms with Crippen LogP contribution in [0.1, 0.15) is 37.1 Å². The summed E-state index contributed by atoms with van der Waals surface area (Å²) in [6.45, 7) is 0. The van der Waals surface area contributed by atoms with E-state index >= 15 is 0 Å². The lowest BCUT2D eigenvalue weighted by atomic mass is 9.77. The summed E-state index contributed by atoms with van der Waals surface area (Å²) in [5.41, 5.74) is 4.54. The van der Waals surface area contributed by atoms with Crippen LogP contribution in [0.25, 0.3) is 5.70 Å². The number of fused-ring (bicyclic) bond motifs is 4. The number of nitrogens with one attached hydrogen (secondary N) is 1. The summed E-state index contributed by atoms with van der Waals surface area (Å²) in [6.07, 6.45) is 3.35. The van der Waals surface area contributed by atoms with Crippen LogP contribution in [0.2, 0.25) is 0 Å². The molecule has 2 bridgehead atoms. The van der Waals surface area contributed by atoms with Gasteiger partial charge in [0, 0.05) is 18.3 Å². The van der Waals surface area contributed by atoms with Gasteiger partial charge in [0.1, 0.15) is 0 Å². The first-order chi connectivity index (χ1) is 18.8. The van der Waals surface area contributed by atoms with Crippen molar-refractivity contribution in [1.82, 2.24) is 15.4 Å². The summed E-state index contributed by atoms with van der Waals surface area (Å²) in [5.74, 6) is -14.5. The summed E-state index contributed by atoms with van der Waals surface area (Å²) in [7, 11) is 0.